The van der Waals surface area contributed by atoms with Crippen LogP contribution in [0.4, 0.5) is 0 Å². The third kappa shape index (κ3) is 3.17. The van der Waals surface area contributed by atoms with Crippen molar-refractivity contribution in [2.24, 2.45) is 5.92 Å². The molecule has 7 heteroatoms. The first-order valence-corrected chi connectivity index (χ1v) is 8.19. The maximum Gasteiger partial charge on any atom is 0.326 e. The van der Waals surface area contributed by atoms with E-state index in [0.717, 1.165) is 5.52 Å². The molecule has 130 valence electrons. The van der Waals surface area contributed by atoms with Crippen molar-refractivity contribution in [3.8, 4) is 5.75 Å². The lowest BCUT2D eigenvalue weighted by atomic mass is 9.86. The summed E-state index contributed by atoms with van der Waals surface area (Å²) >= 11 is 0. The topological polar surface area (TPSA) is 93.5 Å². The Balaban J connectivity index is 1.87. The fraction of sp³-hybridized carbons (Fsp3) is 0.529. The minimum absolute atomic E-state index is 0.0241. The van der Waals surface area contributed by atoms with Crippen LogP contribution < -0.4 is 10.4 Å². The number of aromatic amines is 1. The molecule has 0 unspecified atom stereocenters. The lowest BCUT2D eigenvalue weighted by Crippen LogP contribution is -2.28. The molecule has 2 N–H and O–H groups in total. The van der Waals surface area contributed by atoms with Crippen LogP contribution in [-0.4, -0.2) is 41.0 Å². The highest BCUT2D eigenvalue weighted by Gasteiger charge is 2.28. The lowest BCUT2D eigenvalue weighted by molar-refractivity contribution is -0.143. The van der Waals surface area contributed by atoms with Crippen molar-refractivity contribution in [2.45, 2.75) is 31.7 Å². The number of aliphatic carboxylic acids is 1. The summed E-state index contributed by atoms with van der Waals surface area (Å²) in [6.45, 7) is 0.882. The number of hydrogen-bond donors (Lipinski definition) is 2. The van der Waals surface area contributed by atoms with Gasteiger partial charge < -0.3 is 19.6 Å². The van der Waals surface area contributed by atoms with E-state index in [2.05, 4.69) is 4.98 Å². The van der Waals surface area contributed by atoms with Crippen LogP contribution in [0.5, 0.6) is 5.75 Å². The van der Waals surface area contributed by atoms with Crippen molar-refractivity contribution in [1.82, 2.24) is 9.55 Å². The van der Waals surface area contributed by atoms with Crippen molar-refractivity contribution < 1.29 is 19.4 Å². The Bertz CT molecular complexity index is 771. The number of carboxylic acid groups (broad SMARTS) is 1. The second-order valence-corrected chi connectivity index (χ2v) is 6.14. The Kier molecular flexibility index (Phi) is 4.89. The molecule has 1 fully saturated rings. The van der Waals surface area contributed by atoms with Crippen molar-refractivity contribution in [3.05, 3.63) is 28.7 Å². The predicted molar refractivity (Wildman–Crippen MR) is 88.6 cm³/mol. The van der Waals surface area contributed by atoms with E-state index in [4.69, 9.17) is 14.6 Å². The summed E-state index contributed by atoms with van der Waals surface area (Å²) in [6, 6.07) is 5.59. The van der Waals surface area contributed by atoms with Gasteiger partial charge in [0, 0.05) is 13.2 Å². The Hall–Kier alpha value is -2.28. The number of ether oxygens (including phenoxy) is 2. The van der Waals surface area contributed by atoms with Gasteiger partial charge in [-0.1, -0.05) is 6.07 Å². The van der Waals surface area contributed by atoms with Gasteiger partial charge in [0.15, 0.2) is 0 Å². The van der Waals surface area contributed by atoms with E-state index in [1.54, 1.807) is 11.7 Å². The van der Waals surface area contributed by atoms with Crippen LogP contribution in [0.1, 0.15) is 31.7 Å². The Morgan fingerprint density at radius 1 is 1.29 bits per heavy atom. The maximum atomic E-state index is 12.4. The number of fused-ring (bicyclic) bond motifs is 1. The van der Waals surface area contributed by atoms with Crippen LogP contribution >= 0.6 is 0 Å². The smallest absolute Gasteiger partial charge is 0.326 e. The highest BCUT2D eigenvalue weighted by Crippen LogP contribution is 2.34. The molecule has 0 saturated heterocycles. The van der Waals surface area contributed by atoms with E-state index in [9.17, 15) is 9.59 Å². The summed E-state index contributed by atoms with van der Waals surface area (Å²) in [5.74, 6) is -0.414. The van der Waals surface area contributed by atoms with E-state index < -0.39 is 5.97 Å². The van der Waals surface area contributed by atoms with Gasteiger partial charge in [0.25, 0.3) is 0 Å². The van der Waals surface area contributed by atoms with Gasteiger partial charge in [-0.15, -0.1) is 0 Å². The largest absolute Gasteiger partial charge is 0.489 e. The maximum absolute atomic E-state index is 12.4. The molecule has 2 aromatic rings. The van der Waals surface area contributed by atoms with Crippen LogP contribution in [0.2, 0.25) is 0 Å². The molecule has 0 radical (unpaired) electrons. The standard InChI is InChI=1S/C17H22N2O5/c1-23-9-10-24-14-4-2-3-13-15(14)18-17(22)19(13)12-7-5-11(6-8-12)16(20)21/h2-4,11-12H,5-10H2,1H3,(H,18,22)(H,20,21). The van der Waals surface area contributed by atoms with Gasteiger partial charge in [0.1, 0.15) is 17.9 Å². The summed E-state index contributed by atoms with van der Waals surface area (Å²) in [5.41, 5.74) is 1.30. The molecule has 1 aliphatic carbocycles. The molecule has 0 spiro atoms. The molecular formula is C17H22N2O5. The first-order chi connectivity index (χ1) is 11.6. The van der Waals surface area contributed by atoms with Crippen molar-refractivity contribution in [1.29, 1.82) is 0 Å². The van der Waals surface area contributed by atoms with E-state index >= 15 is 0 Å². The number of carboxylic acids is 1. The Labute approximate surface area is 139 Å². The van der Waals surface area contributed by atoms with Gasteiger partial charge in [-0.2, -0.15) is 0 Å². The first-order valence-electron chi connectivity index (χ1n) is 8.19. The molecule has 0 atom stereocenters. The quantitative estimate of drug-likeness (QED) is 0.790. The lowest BCUT2D eigenvalue weighted by Gasteiger charge is -2.27. The number of hydrogen-bond acceptors (Lipinski definition) is 4. The molecule has 1 heterocycles. The Morgan fingerprint density at radius 3 is 2.71 bits per heavy atom. The molecule has 1 aromatic heterocycles. The van der Waals surface area contributed by atoms with E-state index in [-0.39, 0.29) is 17.6 Å². The van der Waals surface area contributed by atoms with E-state index in [1.165, 1.54) is 0 Å². The number of para-hydroxylation sites is 1. The average Bonchev–Trinajstić information content (AvgIpc) is 2.92. The monoisotopic (exact) mass is 334 g/mol. The number of nitrogens with one attached hydrogen (secondary N) is 1. The summed E-state index contributed by atoms with van der Waals surface area (Å²) in [6.07, 6.45) is 2.59. The van der Waals surface area contributed by atoms with Gasteiger partial charge >= 0.3 is 11.7 Å². The van der Waals surface area contributed by atoms with E-state index in [1.807, 2.05) is 18.2 Å². The number of carbonyl (C=O) groups is 1. The fourth-order valence-electron chi connectivity index (χ4n) is 3.42. The van der Waals surface area contributed by atoms with Crippen molar-refractivity contribution in [3.63, 3.8) is 0 Å². The molecule has 1 aliphatic rings. The molecule has 1 aromatic carbocycles. The zero-order valence-corrected chi connectivity index (χ0v) is 13.7. The van der Waals surface area contributed by atoms with Crippen LogP contribution in [0, 0.1) is 5.92 Å². The number of rotatable bonds is 6. The highest BCUT2D eigenvalue weighted by molar-refractivity contribution is 5.82. The van der Waals surface area contributed by atoms with Gasteiger partial charge in [-0.05, 0) is 37.8 Å². The van der Waals surface area contributed by atoms with Crippen LogP contribution in [0.25, 0.3) is 11.0 Å². The van der Waals surface area contributed by atoms with Crippen molar-refractivity contribution >= 4 is 17.0 Å². The summed E-state index contributed by atoms with van der Waals surface area (Å²) in [5, 5.41) is 9.12. The van der Waals surface area contributed by atoms with Gasteiger partial charge in [0.05, 0.1) is 18.0 Å². The minimum Gasteiger partial charge on any atom is -0.489 e. The third-order valence-electron chi connectivity index (χ3n) is 4.67. The number of nitrogens with zero attached hydrogens (tertiary/aromatic N) is 1. The number of imidazole rings is 1. The number of methoxy groups -OCH3 is 1. The molecule has 1 saturated carbocycles. The van der Waals surface area contributed by atoms with Crippen LogP contribution in [0.3, 0.4) is 0 Å². The van der Waals surface area contributed by atoms with Gasteiger partial charge in [-0.3, -0.25) is 9.36 Å². The molecule has 0 amide bonds. The number of aromatic nitrogens is 2. The van der Waals surface area contributed by atoms with Crippen LogP contribution in [0.15, 0.2) is 23.0 Å². The SMILES string of the molecule is COCCOc1cccc2c1[nH]c(=O)n2C1CCC(C(=O)O)CC1. The van der Waals surface area contributed by atoms with Gasteiger partial charge in [0.2, 0.25) is 0 Å². The molecule has 24 heavy (non-hydrogen) atoms. The first kappa shape index (κ1) is 16.6. The summed E-state index contributed by atoms with van der Waals surface area (Å²) < 4.78 is 12.4. The summed E-state index contributed by atoms with van der Waals surface area (Å²) in [4.78, 5) is 26.4. The number of H-pyrrole nitrogens is 1. The zero-order valence-electron chi connectivity index (χ0n) is 13.7. The molecule has 0 bridgehead atoms. The normalized spacial score (nSPS) is 21.0. The van der Waals surface area contributed by atoms with Crippen LogP contribution in [-0.2, 0) is 9.53 Å². The van der Waals surface area contributed by atoms with Crippen molar-refractivity contribution in [2.75, 3.05) is 20.3 Å². The molecule has 7 nitrogen and oxygen atoms in total. The summed E-state index contributed by atoms with van der Waals surface area (Å²) in [7, 11) is 1.61. The molecular weight excluding hydrogens is 312 g/mol. The second-order valence-electron chi connectivity index (χ2n) is 6.14. The zero-order chi connectivity index (χ0) is 17.1. The van der Waals surface area contributed by atoms with Gasteiger partial charge in [-0.25, -0.2) is 4.79 Å². The minimum atomic E-state index is -0.742. The third-order valence-corrected chi connectivity index (χ3v) is 4.67. The Morgan fingerprint density at radius 2 is 2.04 bits per heavy atom. The molecule has 3 rings (SSSR count). The predicted octanol–water partition coefficient (Wildman–Crippen LogP) is 2.17. The fourth-order valence-corrected chi connectivity index (χ4v) is 3.42. The number of benzene rings is 1. The molecule has 0 aliphatic heterocycles. The van der Waals surface area contributed by atoms with E-state index in [0.29, 0.717) is 50.2 Å². The highest BCUT2D eigenvalue weighted by atomic mass is 16.5. The average molecular weight is 334 g/mol. The second kappa shape index (κ2) is 7.09.